The van der Waals surface area contributed by atoms with Crippen molar-refractivity contribution >= 4 is 23.2 Å². The van der Waals surface area contributed by atoms with Crippen LogP contribution in [0, 0.1) is 6.92 Å². The molecule has 0 aliphatic heterocycles. The SMILES string of the molecule is COC(=O)CNC(=O)c1nc(-c2ccco2)sc1C. The van der Waals surface area contributed by atoms with Gasteiger partial charge in [-0.3, -0.25) is 9.59 Å². The van der Waals surface area contributed by atoms with E-state index in [1.807, 2.05) is 0 Å². The van der Waals surface area contributed by atoms with Gasteiger partial charge in [0, 0.05) is 4.88 Å². The van der Waals surface area contributed by atoms with Gasteiger partial charge in [-0.1, -0.05) is 0 Å². The van der Waals surface area contributed by atoms with Crippen LogP contribution in [0.4, 0.5) is 0 Å². The molecule has 0 spiro atoms. The van der Waals surface area contributed by atoms with E-state index < -0.39 is 11.9 Å². The highest BCUT2D eigenvalue weighted by molar-refractivity contribution is 7.15. The lowest BCUT2D eigenvalue weighted by Crippen LogP contribution is -2.30. The number of esters is 1. The van der Waals surface area contributed by atoms with Crippen molar-refractivity contribution < 1.29 is 18.7 Å². The molecule has 2 aromatic rings. The van der Waals surface area contributed by atoms with Crippen molar-refractivity contribution in [3.8, 4) is 10.8 Å². The quantitative estimate of drug-likeness (QED) is 0.860. The number of rotatable bonds is 4. The second-order valence-corrected chi connectivity index (χ2v) is 4.86. The Morgan fingerprint density at radius 3 is 2.95 bits per heavy atom. The number of nitrogens with zero attached hydrogens (tertiary/aromatic N) is 1. The van der Waals surface area contributed by atoms with E-state index in [1.165, 1.54) is 18.4 Å². The third-order valence-electron chi connectivity index (χ3n) is 2.36. The molecule has 0 saturated heterocycles. The Kier molecular flexibility index (Phi) is 3.96. The minimum Gasteiger partial charge on any atom is -0.468 e. The van der Waals surface area contributed by atoms with Gasteiger partial charge < -0.3 is 14.5 Å². The van der Waals surface area contributed by atoms with Crippen LogP contribution in [0.1, 0.15) is 15.4 Å². The van der Waals surface area contributed by atoms with Crippen LogP contribution in [-0.4, -0.2) is 30.5 Å². The molecular formula is C12H12N2O4S. The smallest absolute Gasteiger partial charge is 0.325 e. The first-order chi connectivity index (χ1) is 9.11. The molecule has 0 radical (unpaired) electrons. The molecule has 0 saturated carbocycles. The molecule has 0 fully saturated rings. The number of hydrogen-bond donors (Lipinski definition) is 1. The van der Waals surface area contributed by atoms with E-state index in [4.69, 9.17) is 4.42 Å². The van der Waals surface area contributed by atoms with Gasteiger partial charge in [-0.15, -0.1) is 11.3 Å². The minimum atomic E-state index is -0.507. The predicted molar refractivity (Wildman–Crippen MR) is 68.9 cm³/mol. The van der Waals surface area contributed by atoms with Gasteiger partial charge in [0.2, 0.25) is 0 Å². The first-order valence-corrected chi connectivity index (χ1v) is 6.29. The Morgan fingerprint density at radius 2 is 2.32 bits per heavy atom. The summed E-state index contributed by atoms with van der Waals surface area (Å²) >= 11 is 1.36. The molecule has 0 aromatic carbocycles. The largest absolute Gasteiger partial charge is 0.468 e. The summed E-state index contributed by atoms with van der Waals surface area (Å²) in [6, 6.07) is 3.53. The van der Waals surface area contributed by atoms with Crippen LogP contribution in [-0.2, 0) is 9.53 Å². The number of methoxy groups -OCH3 is 1. The van der Waals surface area contributed by atoms with E-state index in [2.05, 4.69) is 15.0 Å². The molecule has 0 unspecified atom stereocenters. The highest BCUT2D eigenvalue weighted by Gasteiger charge is 2.18. The maximum atomic E-state index is 11.9. The maximum absolute atomic E-state index is 11.9. The maximum Gasteiger partial charge on any atom is 0.325 e. The van der Waals surface area contributed by atoms with E-state index in [0.29, 0.717) is 16.5 Å². The van der Waals surface area contributed by atoms with E-state index in [0.717, 1.165) is 4.88 Å². The molecule has 6 nitrogen and oxygen atoms in total. The molecule has 2 aromatic heterocycles. The van der Waals surface area contributed by atoms with Crippen molar-refractivity contribution in [3.63, 3.8) is 0 Å². The predicted octanol–water partition coefficient (Wildman–Crippen LogP) is 1.61. The summed E-state index contributed by atoms with van der Waals surface area (Å²) in [5.74, 6) is -0.301. The number of furan rings is 1. The number of thiazole rings is 1. The van der Waals surface area contributed by atoms with Gasteiger partial charge in [0.05, 0.1) is 13.4 Å². The summed E-state index contributed by atoms with van der Waals surface area (Å²) in [7, 11) is 1.26. The van der Waals surface area contributed by atoms with Crippen LogP contribution >= 0.6 is 11.3 Å². The summed E-state index contributed by atoms with van der Waals surface area (Å²) in [6.07, 6.45) is 1.54. The second kappa shape index (κ2) is 5.66. The van der Waals surface area contributed by atoms with Gasteiger partial charge in [-0.05, 0) is 19.1 Å². The van der Waals surface area contributed by atoms with Crippen LogP contribution < -0.4 is 5.32 Å². The number of ether oxygens (including phenoxy) is 1. The number of carbonyl (C=O) groups excluding carboxylic acids is 2. The van der Waals surface area contributed by atoms with E-state index >= 15 is 0 Å². The lowest BCUT2D eigenvalue weighted by Gasteiger charge is -2.01. The minimum absolute atomic E-state index is 0.178. The zero-order chi connectivity index (χ0) is 13.8. The van der Waals surface area contributed by atoms with Gasteiger partial charge in [0.25, 0.3) is 5.91 Å². The van der Waals surface area contributed by atoms with Crippen molar-refractivity contribution in [2.75, 3.05) is 13.7 Å². The Morgan fingerprint density at radius 1 is 1.53 bits per heavy atom. The van der Waals surface area contributed by atoms with E-state index in [9.17, 15) is 9.59 Å². The number of aromatic nitrogens is 1. The number of aryl methyl sites for hydroxylation is 1. The number of nitrogens with one attached hydrogen (secondary N) is 1. The molecular weight excluding hydrogens is 268 g/mol. The lowest BCUT2D eigenvalue weighted by molar-refractivity contribution is -0.139. The normalized spacial score (nSPS) is 10.2. The third kappa shape index (κ3) is 3.00. The Labute approximate surface area is 113 Å². The van der Waals surface area contributed by atoms with Gasteiger partial charge in [-0.2, -0.15) is 0 Å². The molecule has 0 aliphatic rings. The molecule has 0 atom stereocenters. The molecule has 0 aliphatic carbocycles. The Hall–Kier alpha value is -2.15. The van der Waals surface area contributed by atoms with Crippen molar-refractivity contribution in [3.05, 3.63) is 29.0 Å². The zero-order valence-electron chi connectivity index (χ0n) is 10.4. The number of carbonyl (C=O) groups is 2. The van der Waals surface area contributed by atoms with Crippen molar-refractivity contribution in [1.29, 1.82) is 0 Å². The summed E-state index contributed by atoms with van der Waals surface area (Å²) in [6.45, 7) is 1.61. The van der Waals surface area contributed by atoms with Gasteiger partial charge in [0.1, 0.15) is 12.2 Å². The van der Waals surface area contributed by atoms with Crippen LogP contribution in [0.5, 0.6) is 0 Å². The van der Waals surface area contributed by atoms with Crippen LogP contribution in [0.2, 0.25) is 0 Å². The van der Waals surface area contributed by atoms with Crippen LogP contribution in [0.3, 0.4) is 0 Å². The standard InChI is InChI=1S/C12H12N2O4S/c1-7-10(11(16)13-6-9(15)17-2)14-12(19-7)8-4-3-5-18-8/h3-5H,6H2,1-2H3,(H,13,16). The molecule has 2 rings (SSSR count). The number of amides is 1. The van der Waals surface area contributed by atoms with Gasteiger partial charge in [0.15, 0.2) is 10.8 Å². The summed E-state index contributed by atoms with van der Waals surface area (Å²) in [4.78, 5) is 27.8. The first kappa shape index (κ1) is 13.3. The van der Waals surface area contributed by atoms with Crippen molar-refractivity contribution in [2.24, 2.45) is 0 Å². The van der Waals surface area contributed by atoms with Crippen LogP contribution in [0.25, 0.3) is 10.8 Å². The van der Waals surface area contributed by atoms with Crippen molar-refractivity contribution in [2.45, 2.75) is 6.92 Å². The Bertz CT molecular complexity index is 589. The Balaban J connectivity index is 2.12. The molecule has 1 N–H and O–H groups in total. The molecule has 19 heavy (non-hydrogen) atoms. The summed E-state index contributed by atoms with van der Waals surface area (Å²) in [5, 5.41) is 3.08. The summed E-state index contributed by atoms with van der Waals surface area (Å²) in [5.41, 5.74) is 0.292. The second-order valence-electron chi connectivity index (χ2n) is 3.66. The topological polar surface area (TPSA) is 81.4 Å². The highest BCUT2D eigenvalue weighted by Crippen LogP contribution is 2.27. The average Bonchev–Trinajstić information content (AvgIpc) is 3.04. The van der Waals surface area contributed by atoms with E-state index in [-0.39, 0.29) is 6.54 Å². The first-order valence-electron chi connectivity index (χ1n) is 5.48. The average molecular weight is 280 g/mol. The molecule has 1 amide bonds. The lowest BCUT2D eigenvalue weighted by atomic mass is 10.3. The van der Waals surface area contributed by atoms with Crippen LogP contribution in [0.15, 0.2) is 22.8 Å². The fourth-order valence-corrected chi connectivity index (χ4v) is 2.30. The molecule has 0 bridgehead atoms. The fourth-order valence-electron chi connectivity index (χ4n) is 1.42. The molecule has 2 heterocycles. The fraction of sp³-hybridized carbons (Fsp3) is 0.250. The van der Waals surface area contributed by atoms with Gasteiger partial charge >= 0.3 is 5.97 Å². The number of hydrogen-bond acceptors (Lipinski definition) is 6. The highest BCUT2D eigenvalue weighted by atomic mass is 32.1. The molecule has 100 valence electrons. The monoisotopic (exact) mass is 280 g/mol. The summed E-state index contributed by atoms with van der Waals surface area (Å²) < 4.78 is 9.67. The van der Waals surface area contributed by atoms with E-state index in [1.54, 1.807) is 25.3 Å². The van der Waals surface area contributed by atoms with Crippen molar-refractivity contribution in [1.82, 2.24) is 10.3 Å². The molecule has 7 heteroatoms. The van der Waals surface area contributed by atoms with Gasteiger partial charge in [-0.25, -0.2) is 4.98 Å². The zero-order valence-corrected chi connectivity index (χ0v) is 11.2. The third-order valence-corrected chi connectivity index (χ3v) is 3.35.